The summed E-state index contributed by atoms with van der Waals surface area (Å²) in [7, 11) is -3.72. The number of hydrogen-bond donors (Lipinski definition) is 0. The average Bonchev–Trinajstić information content (AvgIpc) is 2.75. The van der Waals surface area contributed by atoms with Gasteiger partial charge in [-0.05, 0) is 36.5 Å². The van der Waals surface area contributed by atoms with Crippen molar-refractivity contribution in [2.24, 2.45) is 11.8 Å². The minimum Gasteiger partial charge on any atom is -0.482 e. The lowest BCUT2D eigenvalue weighted by Gasteiger charge is -2.35. The van der Waals surface area contributed by atoms with E-state index in [0.717, 1.165) is 6.42 Å². The minimum absolute atomic E-state index is 0.106. The van der Waals surface area contributed by atoms with Crippen LogP contribution in [0.3, 0.4) is 0 Å². The second-order valence-corrected chi connectivity index (χ2v) is 10.6. The Morgan fingerprint density at radius 1 is 1.13 bits per heavy atom. The number of hydrogen-bond acceptors (Lipinski definition) is 6. The lowest BCUT2D eigenvalue weighted by molar-refractivity contribution is -0.135. The molecular weight excluding hydrogens is 422 g/mol. The lowest BCUT2D eigenvalue weighted by atomic mass is 9.94. The number of benzene rings is 1. The van der Waals surface area contributed by atoms with Gasteiger partial charge in [-0.2, -0.15) is 4.31 Å². The maximum Gasteiger partial charge on any atom is 0.265 e. The highest BCUT2D eigenvalue weighted by atomic mass is 32.2. The summed E-state index contributed by atoms with van der Waals surface area (Å²) in [5, 5.41) is 0. The van der Waals surface area contributed by atoms with E-state index in [2.05, 4.69) is 13.8 Å². The first kappa shape index (κ1) is 22.0. The molecule has 1 aromatic carbocycles. The molecule has 1 aromatic rings. The number of ether oxygens (including phenoxy) is 2. The fourth-order valence-electron chi connectivity index (χ4n) is 4.51. The fourth-order valence-corrected chi connectivity index (χ4v) is 6.21. The molecule has 0 unspecified atom stereocenters. The van der Waals surface area contributed by atoms with E-state index < -0.39 is 10.0 Å². The Labute approximate surface area is 182 Å². The van der Waals surface area contributed by atoms with Crippen molar-refractivity contribution in [3.05, 3.63) is 18.2 Å². The van der Waals surface area contributed by atoms with E-state index in [4.69, 9.17) is 9.47 Å². The largest absolute Gasteiger partial charge is 0.482 e. The summed E-state index contributed by atoms with van der Waals surface area (Å²) in [6, 6.07) is 4.53. The molecule has 0 radical (unpaired) electrons. The molecular formula is C21H29N3O6S. The molecule has 31 heavy (non-hydrogen) atoms. The summed E-state index contributed by atoms with van der Waals surface area (Å²) < 4.78 is 38.9. The number of anilines is 1. The van der Waals surface area contributed by atoms with E-state index in [-0.39, 0.29) is 41.7 Å². The third kappa shape index (κ3) is 4.56. The van der Waals surface area contributed by atoms with Crippen molar-refractivity contribution in [1.82, 2.24) is 9.21 Å². The van der Waals surface area contributed by atoms with Crippen molar-refractivity contribution in [1.29, 1.82) is 0 Å². The number of rotatable bonds is 4. The monoisotopic (exact) mass is 451 g/mol. The number of fused-ring (bicyclic) bond motifs is 1. The van der Waals surface area contributed by atoms with Gasteiger partial charge < -0.3 is 14.4 Å². The maximum absolute atomic E-state index is 13.3. The van der Waals surface area contributed by atoms with Crippen LogP contribution >= 0.6 is 0 Å². The Kier molecular flexibility index (Phi) is 6.23. The molecule has 2 amide bonds. The van der Waals surface area contributed by atoms with Crippen LogP contribution in [0.2, 0.25) is 0 Å². The highest BCUT2D eigenvalue weighted by molar-refractivity contribution is 7.89. The normalized spacial score (nSPS) is 25.2. The topological polar surface area (TPSA) is 96.5 Å². The van der Waals surface area contributed by atoms with Gasteiger partial charge in [-0.3, -0.25) is 14.5 Å². The molecule has 3 aliphatic heterocycles. The van der Waals surface area contributed by atoms with Crippen LogP contribution in [0.4, 0.5) is 5.69 Å². The second-order valence-electron chi connectivity index (χ2n) is 8.66. The Morgan fingerprint density at radius 3 is 2.48 bits per heavy atom. The predicted molar refractivity (Wildman–Crippen MR) is 113 cm³/mol. The molecule has 0 aliphatic carbocycles. The van der Waals surface area contributed by atoms with Gasteiger partial charge in [0.15, 0.2) is 6.61 Å². The molecule has 0 aromatic heterocycles. The van der Waals surface area contributed by atoms with Crippen LogP contribution in [0.15, 0.2) is 23.1 Å². The first-order valence-electron chi connectivity index (χ1n) is 10.7. The number of carbonyl (C=O) groups excluding carboxylic acids is 2. The van der Waals surface area contributed by atoms with Gasteiger partial charge in [-0.25, -0.2) is 8.42 Å². The molecule has 4 rings (SSSR count). The summed E-state index contributed by atoms with van der Waals surface area (Å²) in [4.78, 5) is 28.4. The molecule has 3 aliphatic rings. The highest BCUT2D eigenvalue weighted by Crippen LogP contribution is 2.36. The Morgan fingerprint density at radius 2 is 1.81 bits per heavy atom. The number of carbonyl (C=O) groups is 2. The van der Waals surface area contributed by atoms with E-state index in [9.17, 15) is 18.0 Å². The van der Waals surface area contributed by atoms with Crippen molar-refractivity contribution in [3.8, 4) is 5.75 Å². The summed E-state index contributed by atoms with van der Waals surface area (Å²) in [5.74, 6) is 0.390. The van der Waals surface area contributed by atoms with E-state index in [0.29, 0.717) is 50.8 Å². The number of piperidine rings is 1. The Hall–Kier alpha value is -2.17. The van der Waals surface area contributed by atoms with Gasteiger partial charge >= 0.3 is 0 Å². The molecule has 2 atom stereocenters. The SMILES string of the molecule is C[C@@H]1C[C@H](C)CN(S(=O)(=O)c2ccc3c(c2)N(CC(=O)N2CCOCC2)C(=O)CO3)C1. The average molecular weight is 452 g/mol. The molecule has 2 saturated heterocycles. The van der Waals surface area contributed by atoms with Crippen LogP contribution in [-0.4, -0.2) is 82.0 Å². The van der Waals surface area contributed by atoms with E-state index >= 15 is 0 Å². The van der Waals surface area contributed by atoms with E-state index in [1.165, 1.54) is 21.3 Å². The van der Waals surface area contributed by atoms with Gasteiger partial charge in [-0.15, -0.1) is 0 Å². The predicted octanol–water partition coefficient (Wildman–Crippen LogP) is 0.937. The van der Waals surface area contributed by atoms with Crippen molar-refractivity contribution in [2.75, 3.05) is 57.4 Å². The number of amides is 2. The first-order chi connectivity index (χ1) is 14.8. The lowest BCUT2D eigenvalue weighted by Crippen LogP contribution is -2.49. The smallest absolute Gasteiger partial charge is 0.265 e. The molecule has 0 saturated carbocycles. The Balaban J connectivity index is 1.61. The molecule has 170 valence electrons. The van der Waals surface area contributed by atoms with Crippen LogP contribution in [0.1, 0.15) is 20.3 Å². The van der Waals surface area contributed by atoms with Crippen LogP contribution in [0.25, 0.3) is 0 Å². The zero-order chi connectivity index (χ0) is 22.2. The highest BCUT2D eigenvalue weighted by Gasteiger charge is 2.34. The van der Waals surface area contributed by atoms with Crippen molar-refractivity contribution in [2.45, 2.75) is 25.2 Å². The molecule has 0 N–H and O–H groups in total. The minimum atomic E-state index is -3.72. The molecule has 3 heterocycles. The van der Waals surface area contributed by atoms with Gasteiger partial charge in [0, 0.05) is 26.2 Å². The molecule has 2 fully saturated rings. The third-order valence-electron chi connectivity index (χ3n) is 6.00. The van der Waals surface area contributed by atoms with Crippen LogP contribution in [-0.2, 0) is 24.3 Å². The van der Waals surface area contributed by atoms with Crippen molar-refractivity contribution in [3.63, 3.8) is 0 Å². The number of morpholine rings is 1. The fraction of sp³-hybridized carbons (Fsp3) is 0.619. The van der Waals surface area contributed by atoms with Crippen molar-refractivity contribution < 1.29 is 27.5 Å². The zero-order valence-corrected chi connectivity index (χ0v) is 18.8. The summed E-state index contributed by atoms with van der Waals surface area (Å²) in [6.07, 6.45) is 0.996. The number of sulfonamides is 1. The van der Waals surface area contributed by atoms with Gasteiger partial charge in [-0.1, -0.05) is 13.8 Å². The summed E-state index contributed by atoms with van der Waals surface area (Å²) in [5.41, 5.74) is 0.317. The molecule has 0 bridgehead atoms. The zero-order valence-electron chi connectivity index (χ0n) is 18.0. The van der Waals surface area contributed by atoms with Crippen molar-refractivity contribution >= 4 is 27.5 Å². The maximum atomic E-state index is 13.3. The molecule has 9 nitrogen and oxygen atoms in total. The van der Waals surface area contributed by atoms with Gasteiger partial charge in [0.2, 0.25) is 15.9 Å². The first-order valence-corrected chi connectivity index (χ1v) is 12.1. The molecule has 10 heteroatoms. The van der Waals surface area contributed by atoms with E-state index in [1.54, 1.807) is 11.0 Å². The van der Waals surface area contributed by atoms with Gasteiger partial charge in [0.05, 0.1) is 23.8 Å². The standard InChI is InChI=1S/C21H29N3O6S/c1-15-9-16(2)12-23(11-15)31(27,28)17-3-4-19-18(10-17)24(21(26)14-30-19)13-20(25)22-5-7-29-8-6-22/h3-4,10,15-16H,5-9,11-14H2,1-2H3/t15-,16+. The quantitative estimate of drug-likeness (QED) is 0.676. The van der Waals surface area contributed by atoms with Crippen LogP contribution in [0, 0.1) is 11.8 Å². The van der Waals surface area contributed by atoms with Gasteiger partial charge in [0.25, 0.3) is 5.91 Å². The summed E-state index contributed by atoms with van der Waals surface area (Å²) in [6.45, 7) is 6.59. The van der Waals surface area contributed by atoms with Gasteiger partial charge in [0.1, 0.15) is 12.3 Å². The number of nitrogens with zero attached hydrogens (tertiary/aromatic N) is 3. The second kappa shape index (κ2) is 8.76. The van der Waals surface area contributed by atoms with Crippen LogP contribution in [0.5, 0.6) is 5.75 Å². The summed E-state index contributed by atoms with van der Waals surface area (Å²) >= 11 is 0. The molecule has 0 spiro atoms. The van der Waals surface area contributed by atoms with E-state index in [1.807, 2.05) is 0 Å². The Bertz CT molecular complexity index is 950. The third-order valence-corrected chi connectivity index (χ3v) is 7.83. The van der Waals surface area contributed by atoms with Crippen LogP contribution < -0.4 is 9.64 Å².